The van der Waals surface area contributed by atoms with Gasteiger partial charge in [0.15, 0.2) is 0 Å². The third-order valence-electron chi connectivity index (χ3n) is 3.14. The van der Waals surface area contributed by atoms with Crippen molar-refractivity contribution in [2.24, 2.45) is 5.73 Å². The zero-order valence-electron chi connectivity index (χ0n) is 12.6. The van der Waals surface area contributed by atoms with Crippen LogP contribution in [0.25, 0.3) is 0 Å². The number of amides is 3. The number of urea groups is 1. The molecule has 1 aromatic rings. The predicted molar refractivity (Wildman–Crippen MR) is 82.8 cm³/mol. The third-order valence-corrected chi connectivity index (χ3v) is 3.14. The Hall–Kier alpha value is -2.08. The van der Waals surface area contributed by atoms with Crippen molar-refractivity contribution in [1.82, 2.24) is 16.0 Å². The van der Waals surface area contributed by atoms with Crippen molar-refractivity contribution in [3.05, 3.63) is 35.4 Å². The van der Waals surface area contributed by atoms with Crippen molar-refractivity contribution < 1.29 is 9.59 Å². The Morgan fingerprint density at radius 2 is 1.95 bits per heavy atom. The SMILES string of the molecule is CCNCCNC(=O)CC(NC(N)=O)c1ccccc1C. The summed E-state index contributed by atoms with van der Waals surface area (Å²) in [6, 6.07) is 6.57. The molecule has 21 heavy (non-hydrogen) atoms. The molecule has 0 spiro atoms. The van der Waals surface area contributed by atoms with E-state index in [1.54, 1.807) is 0 Å². The Morgan fingerprint density at radius 3 is 2.57 bits per heavy atom. The maximum absolute atomic E-state index is 12.0. The van der Waals surface area contributed by atoms with E-state index in [1.165, 1.54) is 0 Å². The molecule has 0 saturated carbocycles. The van der Waals surface area contributed by atoms with Crippen molar-refractivity contribution in [1.29, 1.82) is 0 Å². The minimum absolute atomic E-state index is 0.116. The number of hydrogen-bond acceptors (Lipinski definition) is 3. The van der Waals surface area contributed by atoms with Gasteiger partial charge in [0.2, 0.25) is 5.91 Å². The van der Waals surface area contributed by atoms with Gasteiger partial charge in [-0.05, 0) is 24.6 Å². The first-order valence-corrected chi connectivity index (χ1v) is 7.13. The number of aryl methyl sites for hydroxylation is 1. The van der Waals surface area contributed by atoms with Crippen molar-refractivity contribution in [2.45, 2.75) is 26.3 Å². The maximum atomic E-state index is 12.0. The molecule has 5 N–H and O–H groups in total. The first-order chi connectivity index (χ1) is 10.0. The van der Waals surface area contributed by atoms with Gasteiger partial charge >= 0.3 is 6.03 Å². The number of rotatable bonds is 8. The minimum Gasteiger partial charge on any atom is -0.355 e. The number of carbonyl (C=O) groups excluding carboxylic acids is 2. The monoisotopic (exact) mass is 292 g/mol. The van der Waals surface area contributed by atoms with Crippen LogP contribution >= 0.6 is 0 Å². The second-order valence-corrected chi connectivity index (χ2v) is 4.83. The molecule has 0 aliphatic rings. The average Bonchev–Trinajstić information content (AvgIpc) is 2.43. The van der Waals surface area contributed by atoms with Crippen LogP contribution in [0.1, 0.15) is 30.5 Å². The first kappa shape index (κ1) is 17.0. The van der Waals surface area contributed by atoms with Crippen LogP contribution in [-0.2, 0) is 4.79 Å². The number of likely N-dealkylation sites (N-methyl/N-ethyl adjacent to an activating group) is 1. The van der Waals surface area contributed by atoms with E-state index < -0.39 is 12.1 Å². The van der Waals surface area contributed by atoms with E-state index >= 15 is 0 Å². The number of benzene rings is 1. The zero-order valence-corrected chi connectivity index (χ0v) is 12.6. The Balaban J connectivity index is 2.64. The lowest BCUT2D eigenvalue weighted by atomic mass is 9.98. The van der Waals surface area contributed by atoms with Crippen LogP contribution in [-0.4, -0.2) is 31.6 Å². The highest BCUT2D eigenvalue weighted by molar-refractivity contribution is 5.78. The van der Waals surface area contributed by atoms with Gasteiger partial charge in [-0.2, -0.15) is 0 Å². The number of carbonyl (C=O) groups is 2. The van der Waals surface area contributed by atoms with E-state index in [0.717, 1.165) is 24.2 Å². The fourth-order valence-corrected chi connectivity index (χ4v) is 2.11. The van der Waals surface area contributed by atoms with Gasteiger partial charge in [-0.3, -0.25) is 4.79 Å². The standard InChI is InChI=1S/C15H24N4O2/c1-3-17-8-9-18-14(20)10-13(19-15(16)21)12-7-5-4-6-11(12)2/h4-7,13,17H,3,8-10H2,1-2H3,(H,18,20)(H3,16,19,21). The van der Waals surface area contributed by atoms with Gasteiger partial charge in [0.25, 0.3) is 0 Å². The highest BCUT2D eigenvalue weighted by atomic mass is 16.2. The quantitative estimate of drug-likeness (QED) is 0.534. The van der Waals surface area contributed by atoms with Crippen LogP contribution < -0.4 is 21.7 Å². The van der Waals surface area contributed by atoms with E-state index in [9.17, 15) is 9.59 Å². The van der Waals surface area contributed by atoms with Crippen LogP contribution in [0.4, 0.5) is 4.79 Å². The summed E-state index contributed by atoms with van der Waals surface area (Å²) >= 11 is 0. The van der Waals surface area contributed by atoms with Crippen LogP contribution in [0.2, 0.25) is 0 Å². The Morgan fingerprint density at radius 1 is 1.24 bits per heavy atom. The molecule has 1 atom stereocenters. The van der Waals surface area contributed by atoms with Gasteiger partial charge in [-0.25, -0.2) is 4.79 Å². The summed E-state index contributed by atoms with van der Waals surface area (Å²) in [6.07, 6.45) is 0.167. The zero-order chi connectivity index (χ0) is 15.7. The molecule has 0 saturated heterocycles. The van der Waals surface area contributed by atoms with Gasteiger partial charge in [0, 0.05) is 13.1 Å². The molecule has 116 valence electrons. The van der Waals surface area contributed by atoms with Gasteiger partial charge in [-0.1, -0.05) is 31.2 Å². The predicted octanol–water partition coefficient (Wildman–Crippen LogP) is 0.820. The van der Waals surface area contributed by atoms with Gasteiger partial charge < -0.3 is 21.7 Å². The topological polar surface area (TPSA) is 96.2 Å². The molecule has 6 nitrogen and oxygen atoms in total. The molecule has 1 aromatic carbocycles. The molecular formula is C15H24N4O2. The van der Waals surface area contributed by atoms with Gasteiger partial charge in [0.05, 0.1) is 12.5 Å². The molecule has 0 aromatic heterocycles. The summed E-state index contributed by atoms with van der Waals surface area (Å²) < 4.78 is 0. The lowest BCUT2D eigenvalue weighted by molar-refractivity contribution is -0.121. The fraction of sp³-hybridized carbons (Fsp3) is 0.467. The van der Waals surface area contributed by atoms with Crippen molar-refractivity contribution in [2.75, 3.05) is 19.6 Å². The van der Waals surface area contributed by atoms with Crippen molar-refractivity contribution in [3.63, 3.8) is 0 Å². The van der Waals surface area contributed by atoms with Crippen molar-refractivity contribution >= 4 is 11.9 Å². The molecular weight excluding hydrogens is 268 g/mol. The second-order valence-electron chi connectivity index (χ2n) is 4.83. The highest BCUT2D eigenvalue weighted by Crippen LogP contribution is 2.20. The van der Waals surface area contributed by atoms with Gasteiger partial charge in [0.1, 0.15) is 0 Å². The lowest BCUT2D eigenvalue weighted by Crippen LogP contribution is -2.38. The number of primary amides is 1. The third kappa shape index (κ3) is 6.27. The summed E-state index contributed by atoms with van der Waals surface area (Å²) in [5.41, 5.74) is 7.12. The van der Waals surface area contributed by atoms with Crippen LogP contribution in [0, 0.1) is 6.92 Å². The lowest BCUT2D eigenvalue weighted by Gasteiger charge is -2.19. The van der Waals surface area contributed by atoms with Crippen LogP contribution in [0.15, 0.2) is 24.3 Å². The summed E-state index contributed by atoms with van der Waals surface area (Å²) in [6.45, 7) is 6.09. The van der Waals surface area contributed by atoms with Gasteiger partial charge in [-0.15, -0.1) is 0 Å². The maximum Gasteiger partial charge on any atom is 0.312 e. The number of nitrogens with two attached hydrogens (primary N) is 1. The highest BCUT2D eigenvalue weighted by Gasteiger charge is 2.18. The minimum atomic E-state index is -0.635. The Bertz CT molecular complexity index is 476. The summed E-state index contributed by atoms with van der Waals surface area (Å²) in [5.74, 6) is -0.116. The molecule has 0 bridgehead atoms. The second kappa shape index (κ2) is 8.97. The molecule has 1 unspecified atom stereocenters. The summed E-state index contributed by atoms with van der Waals surface area (Å²) in [7, 11) is 0. The van der Waals surface area contributed by atoms with E-state index in [4.69, 9.17) is 5.73 Å². The summed E-state index contributed by atoms with van der Waals surface area (Å²) in [5, 5.41) is 8.57. The molecule has 1 rings (SSSR count). The van der Waals surface area contributed by atoms with E-state index in [-0.39, 0.29) is 12.3 Å². The summed E-state index contributed by atoms with van der Waals surface area (Å²) in [4.78, 5) is 23.1. The molecule has 0 radical (unpaired) electrons. The largest absolute Gasteiger partial charge is 0.355 e. The first-order valence-electron chi connectivity index (χ1n) is 7.13. The van der Waals surface area contributed by atoms with Crippen molar-refractivity contribution in [3.8, 4) is 0 Å². The van der Waals surface area contributed by atoms with Crippen LogP contribution in [0.3, 0.4) is 0 Å². The van der Waals surface area contributed by atoms with E-state index in [1.807, 2.05) is 38.1 Å². The molecule has 3 amide bonds. The normalized spacial score (nSPS) is 11.7. The Labute approximate surface area is 125 Å². The molecule has 0 fully saturated rings. The molecule has 0 heterocycles. The van der Waals surface area contributed by atoms with Crippen LogP contribution in [0.5, 0.6) is 0 Å². The molecule has 6 heteroatoms. The molecule has 0 aliphatic heterocycles. The fourth-order valence-electron chi connectivity index (χ4n) is 2.11. The average molecular weight is 292 g/mol. The smallest absolute Gasteiger partial charge is 0.312 e. The number of nitrogens with one attached hydrogen (secondary N) is 3. The molecule has 0 aliphatic carbocycles. The van der Waals surface area contributed by atoms with E-state index in [0.29, 0.717) is 6.54 Å². The Kier molecular flexibility index (Phi) is 7.25. The number of hydrogen-bond donors (Lipinski definition) is 4. The van der Waals surface area contributed by atoms with E-state index in [2.05, 4.69) is 16.0 Å².